The van der Waals surface area contributed by atoms with Crippen molar-refractivity contribution in [3.8, 4) is 0 Å². The second-order valence-electron chi connectivity index (χ2n) is 7.50. The fourth-order valence-corrected chi connectivity index (χ4v) is 4.48. The van der Waals surface area contributed by atoms with Crippen LogP contribution in [0, 0.1) is 5.41 Å². The van der Waals surface area contributed by atoms with E-state index in [9.17, 15) is 4.79 Å². The van der Waals surface area contributed by atoms with Gasteiger partial charge in [0, 0.05) is 31.6 Å². The highest BCUT2D eigenvalue weighted by molar-refractivity contribution is 5.92. The summed E-state index contributed by atoms with van der Waals surface area (Å²) in [4.78, 5) is 21.2. The van der Waals surface area contributed by atoms with E-state index in [0.29, 0.717) is 5.69 Å². The van der Waals surface area contributed by atoms with Crippen molar-refractivity contribution in [2.75, 3.05) is 26.2 Å². The van der Waals surface area contributed by atoms with Gasteiger partial charge in [-0.3, -0.25) is 9.69 Å². The predicted molar refractivity (Wildman–Crippen MR) is 95.0 cm³/mol. The van der Waals surface area contributed by atoms with Crippen molar-refractivity contribution >= 4 is 5.91 Å². The number of carbonyl (C=O) groups is 1. The highest BCUT2D eigenvalue weighted by atomic mass is 16.3. The molecular weight excluding hydrogens is 314 g/mol. The Bertz CT molecular complexity index is 697. The van der Waals surface area contributed by atoms with Gasteiger partial charge in [0.05, 0.1) is 0 Å². The lowest BCUT2D eigenvalue weighted by Crippen LogP contribution is -2.53. The molecule has 0 unspecified atom stereocenters. The van der Waals surface area contributed by atoms with Crippen LogP contribution in [0.1, 0.15) is 41.7 Å². The Labute approximate surface area is 148 Å². The van der Waals surface area contributed by atoms with Gasteiger partial charge >= 0.3 is 0 Å². The molecule has 1 atom stereocenters. The first-order valence-electron chi connectivity index (χ1n) is 9.18. The van der Waals surface area contributed by atoms with Crippen molar-refractivity contribution in [3.63, 3.8) is 0 Å². The molecule has 132 valence electrons. The van der Waals surface area contributed by atoms with Gasteiger partial charge in [-0.15, -0.1) is 0 Å². The van der Waals surface area contributed by atoms with Crippen molar-refractivity contribution in [1.82, 2.24) is 14.8 Å². The fraction of sp³-hybridized carbons (Fsp3) is 0.500. The Morgan fingerprint density at radius 2 is 1.92 bits per heavy atom. The van der Waals surface area contributed by atoms with Crippen LogP contribution in [0.5, 0.6) is 0 Å². The minimum Gasteiger partial charge on any atom is -0.451 e. The lowest BCUT2D eigenvalue weighted by Gasteiger charge is -2.48. The van der Waals surface area contributed by atoms with Crippen molar-refractivity contribution in [2.24, 2.45) is 5.41 Å². The number of rotatable bonds is 3. The Morgan fingerprint density at radius 1 is 1.12 bits per heavy atom. The smallest absolute Gasteiger partial charge is 0.275 e. The quantitative estimate of drug-likeness (QED) is 0.862. The van der Waals surface area contributed by atoms with Crippen molar-refractivity contribution in [1.29, 1.82) is 0 Å². The first-order chi connectivity index (χ1) is 12.2. The maximum Gasteiger partial charge on any atom is 0.275 e. The number of likely N-dealkylation sites (tertiary alicyclic amines) is 2. The number of hydrogen-bond acceptors (Lipinski definition) is 4. The molecule has 5 nitrogen and oxygen atoms in total. The number of benzene rings is 1. The summed E-state index contributed by atoms with van der Waals surface area (Å²) in [6.45, 7) is 4.88. The molecule has 0 aliphatic carbocycles. The molecular formula is C20H25N3O2. The van der Waals surface area contributed by atoms with Crippen LogP contribution in [0.3, 0.4) is 0 Å². The second-order valence-corrected chi connectivity index (χ2v) is 7.50. The number of hydrogen-bond donors (Lipinski definition) is 0. The zero-order valence-electron chi connectivity index (χ0n) is 14.6. The van der Waals surface area contributed by atoms with Crippen molar-refractivity contribution in [2.45, 2.75) is 32.2 Å². The Balaban J connectivity index is 1.44. The molecule has 3 heterocycles. The molecule has 5 heteroatoms. The van der Waals surface area contributed by atoms with Crippen LogP contribution in [-0.4, -0.2) is 46.9 Å². The van der Waals surface area contributed by atoms with Crippen LogP contribution >= 0.6 is 0 Å². The molecule has 0 saturated carbocycles. The SMILES string of the molecule is O=C(c1cocn1)N1CCC[C@]2(CCCN(Cc3ccccc3)C2)C1. The first-order valence-corrected chi connectivity index (χ1v) is 9.18. The number of amides is 1. The van der Waals surface area contributed by atoms with Crippen LogP contribution in [-0.2, 0) is 6.54 Å². The minimum absolute atomic E-state index is 0.00741. The highest BCUT2D eigenvalue weighted by Crippen LogP contribution is 2.39. The average Bonchev–Trinajstić information content (AvgIpc) is 3.17. The van der Waals surface area contributed by atoms with E-state index in [1.165, 1.54) is 37.5 Å². The molecule has 2 fully saturated rings. The molecule has 0 N–H and O–H groups in total. The normalized spacial score (nSPS) is 24.6. The fourth-order valence-electron chi connectivity index (χ4n) is 4.48. The Kier molecular flexibility index (Phi) is 4.57. The molecule has 2 aromatic rings. The van der Waals surface area contributed by atoms with Gasteiger partial charge in [-0.2, -0.15) is 0 Å². The first kappa shape index (κ1) is 16.3. The van der Waals surface area contributed by atoms with Crippen molar-refractivity contribution in [3.05, 3.63) is 54.2 Å². The molecule has 1 amide bonds. The maximum absolute atomic E-state index is 12.6. The van der Waals surface area contributed by atoms with Gasteiger partial charge in [0.15, 0.2) is 12.1 Å². The van der Waals surface area contributed by atoms with Crippen molar-refractivity contribution < 1.29 is 9.21 Å². The Hall–Kier alpha value is -2.14. The van der Waals surface area contributed by atoms with Gasteiger partial charge in [0.2, 0.25) is 0 Å². The summed E-state index contributed by atoms with van der Waals surface area (Å²) in [5.74, 6) is 0.00741. The van der Waals surface area contributed by atoms with E-state index in [1.807, 2.05) is 4.90 Å². The third kappa shape index (κ3) is 3.61. The number of carbonyl (C=O) groups excluding carboxylic acids is 1. The van der Waals surface area contributed by atoms with Gasteiger partial charge in [0.25, 0.3) is 5.91 Å². The highest BCUT2D eigenvalue weighted by Gasteiger charge is 2.40. The Morgan fingerprint density at radius 3 is 2.68 bits per heavy atom. The number of aromatic nitrogens is 1. The van der Waals surface area contributed by atoms with E-state index in [4.69, 9.17) is 4.42 Å². The van der Waals surface area contributed by atoms with E-state index in [-0.39, 0.29) is 11.3 Å². The lowest BCUT2D eigenvalue weighted by molar-refractivity contribution is 0.0111. The zero-order valence-corrected chi connectivity index (χ0v) is 14.6. The number of piperidine rings is 2. The molecule has 2 saturated heterocycles. The van der Waals surface area contributed by atoms with E-state index in [0.717, 1.165) is 39.1 Å². The molecule has 1 spiro atoms. The molecule has 1 aromatic heterocycles. The molecule has 25 heavy (non-hydrogen) atoms. The zero-order chi connectivity index (χ0) is 17.1. The lowest BCUT2D eigenvalue weighted by atomic mass is 9.73. The minimum atomic E-state index is 0.00741. The summed E-state index contributed by atoms with van der Waals surface area (Å²) in [7, 11) is 0. The van der Waals surface area contributed by atoms with Crippen LogP contribution in [0.4, 0.5) is 0 Å². The largest absolute Gasteiger partial charge is 0.451 e. The molecule has 0 bridgehead atoms. The number of oxazole rings is 1. The maximum atomic E-state index is 12.6. The van der Waals surface area contributed by atoms with Crippen LogP contribution < -0.4 is 0 Å². The van der Waals surface area contributed by atoms with E-state index in [1.54, 1.807) is 0 Å². The summed E-state index contributed by atoms with van der Waals surface area (Å²) >= 11 is 0. The molecule has 2 aliphatic heterocycles. The van der Waals surface area contributed by atoms with Gasteiger partial charge in [0.1, 0.15) is 6.26 Å². The second kappa shape index (κ2) is 7.00. The topological polar surface area (TPSA) is 49.6 Å². The van der Waals surface area contributed by atoms with E-state index >= 15 is 0 Å². The standard InChI is InChI=1S/C20H25N3O2/c24-19(18-13-25-16-21-18)23-11-5-9-20(15-23)8-4-10-22(14-20)12-17-6-2-1-3-7-17/h1-3,6-7,13,16H,4-5,8-12,14-15H2/t20-/m0/s1. The molecule has 4 rings (SSSR count). The van der Waals surface area contributed by atoms with Crippen LogP contribution in [0.15, 0.2) is 47.4 Å². The van der Waals surface area contributed by atoms with Crippen LogP contribution in [0.2, 0.25) is 0 Å². The number of nitrogens with zero attached hydrogens (tertiary/aromatic N) is 3. The summed E-state index contributed by atoms with van der Waals surface area (Å²) in [5, 5.41) is 0. The van der Waals surface area contributed by atoms with E-state index < -0.39 is 0 Å². The third-order valence-electron chi connectivity index (χ3n) is 5.59. The predicted octanol–water partition coefficient (Wildman–Crippen LogP) is 3.19. The van der Waals surface area contributed by atoms with Gasteiger partial charge in [-0.25, -0.2) is 4.98 Å². The monoisotopic (exact) mass is 339 g/mol. The molecule has 2 aliphatic rings. The van der Waals surface area contributed by atoms with Gasteiger partial charge < -0.3 is 9.32 Å². The van der Waals surface area contributed by atoms with E-state index in [2.05, 4.69) is 40.2 Å². The van der Waals surface area contributed by atoms with Gasteiger partial charge in [-0.1, -0.05) is 30.3 Å². The molecule has 1 aromatic carbocycles. The summed E-state index contributed by atoms with van der Waals surface area (Å²) in [6.07, 6.45) is 7.48. The molecule has 0 radical (unpaired) electrons. The average molecular weight is 339 g/mol. The summed E-state index contributed by atoms with van der Waals surface area (Å²) in [6, 6.07) is 10.7. The summed E-state index contributed by atoms with van der Waals surface area (Å²) < 4.78 is 4.98. The van der Waals surface area contributed by atoms with Crippen LogP contribution in [0.25, 0.3) is 0 Å². The summed E-state index contributed by atoms with van der Waals surface area (Å²) in [5.41, 5.74) is 2.02. The van der Waals surface area contributed by atoms with Gasteiger partial charge in [-0.05, 0) is 37.8 Å². The third-order valence-corrected chi connectivity index (χ3v) is 5.59.